The van der Waals surface area contributed by atoms with Gasteiger partial charge in [-0.2, -0.15) is 0 Å². The Hall–Kier alpha value is -2.64. The second kappa shape index (κ2) is 9.03. The van der Waals surface area contributed by atoms with Gasteiger partial charge in [0.25, 0.3) is 11.6 Å². The molecular formula is C20H22ClN3O4. The number of carbonyl (C=O) groups excluding carboxylic acids is 1. The smallest absolute Gasteiger partial charge is 0.293 e. The lowest BCUT2D eigenvalue weighted by molar-refractivity contribution is -0.384. The molecule has 0 aromatic heterocycles. The molecule has 0 radical (unpaired) electrons. The molecule has 1 fully saturated rings. The maximum Gasteiger partial charge on any atom is 0.293 e. The number of aliphatic hydroxyl groups excluding tert-OH is 1. The second-order valence-electron chi connectivity index (χ2n) is 6.88. The Kier molecular flexibility index (Phi) is 6.49. The van der Waals surface area contributed by atoms with E-state index in [1.54, 1.807) is 23.1 Å². The molecular weight excluding hydrogens is 382 g/mol. The SMILES string of the molecule is O=C(c1ccc(NCc2ccccc2Cl)c([N+](=O)[O-])c1)N1CCCC(CO)C1. The van der Waals surface area contributed by atoms with Gasteiger partial charge in [-0.15, -0.1) is 0 Å². The van der Waals surface area contributed by atoms with Gasteiger partial charge in [-0.3, -0.25) is 14.9 Å². The van der Waals surface area contributed by atoms with Crippen LogP contribution in [0.15, 0.2) is 42.5 Å². The van der Waals surface area contributed by atoms with Crippen molar-refractivity contribution in [3.63, 3.8) is 0 Å². The van der Waals surface area contributed by atoms with E-state index in [1.807, 2.05) is 18.2 Å². The summed E-state index contributed by atoms with van der Waals surface area (Å²) in [6, 6.07) is 11.7. The molecule has 1 aliphatic heterocycles. The maximum atomic E-state index is 12.8. The number of amides is 1. The number of aliphatic hydroxyl groups is 1. The summed E-state index contributed by atoms with van der Waals surface area (Å²) in [5, 5.41) is 24.5. The van der Waals surface area contributed by atoms with Crippen molar-refractivity contribution in [3.8, 4) is 0 Å². The lowest BCUT2D eigenvalue weighted by atomic mass is 9.98. The van der Waals surface area contributed by atoms with Gasteiger partial charge in [0.2, 0.25) is 0 Å². The zero-order valence-corrected chi connectivity index (χ0v) is 16.1. The van der Waals surface area contributed by atoms with Crippen molar-refractivity contribution < 1.29 is 14.8 Å². The molecule has 1 saturated heterocycles. The molecule has 1 heterocycles. The fourth-order valence-corrected chi connectivity index (χ4v) is 3.58. The largest absolute Gasteiger partial charge is 0.396 e. The minimum atomic E-state index is -0.502. The van der Waals surface area contributed by atoms with Crippen LogP contribution in [0.2, 0.25) is 5.02 Å². The number of nitrogens with zero attached hydrogens (tertiary/aromatic N) is 2. The van der Waals surface area contributed by atoms with Gasteiger partial charge in [0.1, 0.15) is 5.69 Å². The molecule has 0 bridgehead atoms. The highest BCUT2D eigenvalue weighted by Gasteiger charge is 2.26. The first-order valence-electron chi connectivity index (χ1n) is 9.15. The average molecular weight is 404 g/mol. The Labute approximate surface area is 168 Å². The molecule has 1 atom stereocenters. The summed E-state index contributed by atoms with van der Waals surface area (Å²) in [6.45, 7) is 1.43. The fourth-order valence-electron chi connectivity index (χ4n) is 3.38. The highest BCUT2D eigenvalue weighted by Crippen LogP contribution is 2.28. The fraction of sp³-hybridized carbons (Fsp3) is 0.350. The van der Waals surface area contributed by atoms with Crippen LogP contribution >= 0.6 is 11.6 Å². The van der Waals surface area contributed by atoms with Gasteiger partial charge in [-0.1, -0.05) is 29.8 Å². The summed E-state index contributed by atoms with van der Waals surface area (Å²) >= 11 is 6.13. The number of nitro groups is 1. The quantitative estimate of drug-likeness (QED) is 0.566. The van der Waals surface area contributed by atoms with Crippen molar-refractivity contribution >= 4 is 28.9 Å². The molecule has 1 unspecified atom stereocenters. The van der Waals surface area contributed by atoms with E-state index >= 15 is 0 Å². The lowest BCUT2D eigenvalue weighted by Crippen LogP contribution is -2.40. The third kappa shape index (κ3) is 4.61. The number of piperidine rings is 1. The topological polar surface area (TPSA) is 95.7 Å². The molecule has 0 saturated carbocycles. The van der Waals surface area contributed by atoms with Crippen LogP contribution < -0.4 is 5.32 Å². The third-order valence-electron chi connectivity index (χ3n) is 4.93. The molecule has 8 heteroatoms. The average Bonchev–Trinajstić information content (AvgIpc) is 2.72. The first-order valence-corrected chi connectivity index (χ1v) is 9.53. The molecule has 2 N–H and O–H groups in total. The Morgan fingerprint density at radius 1 is 1.32 bits per heavy atom. The highest BCUT2D eigenvalue weighted by atomic mass is 35.5. The zero-order chi connectivity index (χ0) is 20.1. The highest BCUT2D eigenvalue weighted by molar-refractivity contribution is 6.31. The number of anilines is 1. The Morgan fingerprint density at radius 2 is 2.11 bits per heavy atom. The van der Waals surface area contributed by atoms with E-state index < -0.39 is 4.92 Å². The summed E-state index contributed by atoms with van der Waals surface area (Å²) < 4.78 is 0. The van der Waals surface area contributed by atoms with Gasteiger partial charge in [0.15, 0.2) is 0 Å². The van der Waals surface area contributed by atoms with Crippen LogP contribution in [0.3, 0.4) is 0 Å². The van der Waals surface area contributed by atoms with E-state index in [9.17, 15) is 20.0 Å². The monoisotopic (exact) mass is 403 g/mol. The molecule has 148 valence electrons. The molecule has 2 aromatic rings. The summed E-state index contributed by atoms with van der Waals surface area (Å²) in [4.78, 5) is 25.4. The van der Waals surface area contributed by atoms with E-state index in [0.717, 1.165) is 18.4 Å². The van der Waals surface area contributed by atoms with Crippen LogP contribution in [0.1, 0.15) is 28.8 Å². The van der Waals surface area contributed by atoms with Crippen molar-refractivity contribution in [2.24, 2.45) is 5.92 Å². The molecule has 2 aromatic carbocycles. The van der Waals surface area contributed by atoms with E-state index in [4.69, 9.17) is 11.6 Å². The van der Waals surface area contributed by atoms with E-state index in [0.29, 0.717) is 30.3 Å². The lowest BCUT2D eigenvalue weighted by Gasteiger charge is -2.31. The van der Waals surface area contributed by atoms with Crippen molar-refractivity contribution in [1.29, 1.82) is 0 Å². The van der Waals surface area contributed by atoms with E-state index in [-0.39, 0.29) is 29.7 Å². The van der Waals surface area contributed by atoms with Gasteiger partial charge in [0.05, 0.1) is 4.92 Å². The van der Waals surface area contributed by atoms with Crippen LogP contribution in [-0.4, -0.2) is 40.5 Å². The van der Waals surface area contributed by atoms with Gasteiger partial charge in [0, 0.05) is 42.9 Å². The van der Waals surface area contributed by atoms with Gasteiger partial charge in [-0.25, -0.2) is 0 Å². The zero-order valence-electron chi connectivity index (χ0n) is 15.3. The number of nitrogens with one attached hydrogen (secondary N) is 1. The van der Waals surface area contributed by atoms with Gasteiger partial charge >= 0.3 is 0 Å². The maximum absolute atomic E-state index is 12.8. The molecule has 28 heavy (non-hydrogen) atoms. The van der Waals surface area contributed by atoms with Crippen molar-refractivity contribution in [1.82, 2.24) is 4.90 Å². The first kappa shape index (κ1) is 20.1. The summed E-state index contributed by atoms with van der Waals surface area (Å²) in [5.74, 6) is -0.192. The van der Waals surface area contributed by atoms with Crippen molar-refractivity contribution in [2.75, 3.05) is 25.0 Å². The number of halogens is 1. The minimum absolute atomic E-state index is 0.0365. The Balaban J connectivity index is 1.78. The second-order valence-corrected chi connectivity index (χ2v) is 7.28. The first-order chi connectivity index (χ1) is 13.5. The number of hydrogen-bond acceptors (Lipinski definition) is 5. The number of rotatable bonds is 6. The summed E-state index contributed by atoms with van der Waals surface area (Å²) in [6.07, 6.45) is 1.70. The normalized spacial score (nSPS) is 16.6. The molecule has 3 rings (SSSR count). The van der Waals surface area contributed by atoms with Gasteiger partial charge < -0.3 is 15.3 Å². The minimum Gasteiger partial charge on any atom is -0.396 e. The van der Waals surface area contributed by atoms with E-state index in [2.05, 4.69) is 5.32 Å². The third-order valence-corrected chi connectivity index (χ3v) is 5.30. The molecule has 0 spiro atoms. The Morgan fingerprint density at radius 3 is 2.82 bits per heavy atom. The van der Waals surface area contributed by atoms with Crippen molar-refractivity contribution in [3.05, 3.63) is 68.7 Å². The number of carbonyl (C=O) groups is 1. The number of nitro benzene ring substituents is 1. The summed E-state index contributed by atoms with van der Waals surface area (Å²) in [7, 11) is 0. The Bertz CT molecular complexity index is 874. The van der Waals surface area contributed by atoms with Crippen LogP contribution in [0, 0.1) is 16.0 Å². The van der Waals surface area contributed by atoms with Gasteiger partial charge in [-0.05, 0) is 42.5 Å². The van der Waals surface area contributed by atoms with Crippen LogP contribution in [0.4, 0.5) is 11.4 Å². The van der Waals surface area contributed by atoms with Crippen LogP contribution in [-0.2, 0) is 6.54 Å². The molecule has 1 amide bonds. The molecule has 7 nitrogen and oxygen atoms in total. The summed E-state index contributed by atoms with van der Waals surface area (Å²) in [5.41, 5.74) is 1.26. The predicted molar refractivity (Wildman–Crippen MR) is 108 cm³/mol. The number of hydrogen-bond donors (Lipinski definition) is 2. The van der Waals surface area contributed by atoms with E-state index in [1.165, 1.54) is 6.07 Å². The van der Waals surface area contributed by atoms with Crippen molar-refractivity contribution in [2.45, 2.75) is 19.4 Å². The standard InChI is InChI=1S/C20H22ClN3O4/c21-17-6-2-1-5-16(17)11-22-18-8-7-15(10-19(18)24(27)28)20(26)23-9-3-4-14(12-23)13-25/h1-2,5-8,10,14,22,25H,3-4,9,11-13H2. The van der Waals surface area contributed by atoms with Crippen LogP contribution in [0.5, 0.6) is 0 Å². The molecule has 1 aliphatic rings. The number of likely N-dealkylation sites (tertiary alicyclic amines) is 1. The molecule has 0 aliphatic carbocycles. The number of benzene rings is 2. The predicted octanol–water partition coefficient (Wildman–Crippen LogP) is 3.70. The van der Waals surface area contributed by atoms with Crippen LogP contribution in [0.25, 0.3) is 0 Å².